The summed E-state index contributed by atoms with van der Waals surface area (Å²) in [4.78, 5) is 16.8. The molecule has 1 aliphatic rings. The van der Waals surface area contributed by atoms with E-state index in [0.717, 1.165) is 47.5 Å². The van der Waals surface area contributed by atoms with E-state index in [1.165, 1.54) is 11.1 Å². The molecule has 3 N–H and O–H groups in total. The maximum atomic E-state index is 12.4. The monoisotopic (exact) mass is 365 g/mol. The highest BCUT2D eigenvalue weighted by atomic mass is 32.1. The molecule has 3 heterocycles. The van der Waals surface area contributed by atoms with Crippen molar-refractivity contribution in [3.63, 3.8) is 0 Å². The third-order valence-corrected chi connectivity index (χ3v) is 5.30. The predicted octanol–water partition coefficient (Wildman–Crippen LogP) is 2.64. The molecule has 1 aliphatic carbocycles. The Hall–Kier alpha value is -3.07. The Bertz CT molecular complexity index is 1120. The maximum absolute atomic E-state index is 12.4. The topological polar surface area (TPSA) is 108 Å². The normalized spacial score (nSPS) is 16.5. The number of nitrogens with one attached hydrogen (secondary N) is 3. The lowest BCUT2D eigenvalue weighted by Crippen LogP contribution is -2.41. The van der Waals surface area contributed by atoms with Gasteiger partial charge in [0.15, 0.2) is 5.65 Å². The predicted molar refractivity (Wildman–Crippen MR) is 99.3 cm³/mol. The number of urea groups is 1. The molecular formula is C17H15N7OS. The van der Waals surface area contributed by atoms with E-state index >= 15 is 0 Å². The first-order chi connectivity index (χ1) is 12.8. The number of H-pyrrole nitrogens is 1. The smallest absolute Gasteiger partial charge is 0.319 e. The molecule has 1 aromatic carbocycles. The van der Waals surface area contributed by atoms with Crippen molar-refractivity contribution in [1.82, 2.24) is 29.2 Å². The van der Waals surface area contributed by atoms with Crippen molar-refractivity contribution in [3.05, 3.63) is 41.7 Å². The Labute approximate surface area is 152 Å². The quantitative estimate of drug-likeness (QED) is 0.506. The number of carbonyl (C=O) groups is 1. The molecule has 130 valence electrons. The highest BCUT2D eigenvalue weighted by molar-refractivity contribution is 7.00. The molecule has 5 rings (SSSR count). The Morgan fingerprint density at radius 1 is 1.27 bits per heavy atom. The Balaban J connectivity index is 1.31. The van der Waals surface area contributed by atoms with Crippen molar-refractivity contribution in [2.45, 2.75) is 25.3 Å². The lowest BCUT2D eigenvalue weighted by molar-refractivity contribution is 0.247. The molecule has 0 bridgehead atoms. The van der Waals surface area contributed by atoms with Crippen LogP contribution < -0.4 is 10.6 Å². The molecule has 26 heavy (non-hydrogen) atoms. The first kappa shape index (κ1) is 15.2. The van der Waals surface area contributed by atoms with E-state index in [1.807, 2.05) is 30.6 Å². The van der Waals surface area contributed by atoms with E-state index in [9.17, 15) is 4.79 Å². The number of anilines is 1. The van der Waals surface area contributed by atoms with Gasteiger partial charge in [-0.1, -0.05) is 6.07 Å². The second-order valence-corrected chi connectivity index (χ2v) is 6.90. The van der Waals surface area contributed by atoms with Gasteiger partial charge in [0.25, 0.3) is 0 Å². The number of rotatable bonds is 2. The summed E-state index contributed by atoms with van der Waals surface area (Å²) in [6, 6.07) is 5.42. The summed E-state index contributed by atoms with van der Waals surface area (Å²) in [6.45, 7) is 0. The summed E-state index contributed by atoms with van der Waals surface area (Å²) >= 11 is 1.14. The third kappa shape index (κ3) is 2.57. The summed E-state index contributed by atoms with van der Waals surface area (Å²) < 4.78 is 8.44. The highest BCUT2D eigenvalue weighted by Gasteiger charge is 2.23. The second kappa shape index (κ2) is 6.03. The first-order valence-corrected chi connectivity index (χ1v) is 9.09. The van der Waals surface area contributed by atoms with Crippen molar-refractivity contribution >= 4 is 45.5 Å². The van der Waals surface area contributed by atoms with Crippen molar-refractivity contribution in [2.75, 3.05) is 5.32 Å². The lowest BCUT2D eigenvalue weighted by Gasteiger charge is -2.25. The number of benzene rings is 1. The van der Waals surface area contributed by atoms with Crippen molar-refractivity contribution in [1.29, 1.82) is 0 Å². The molecule has 2 amide bonds. The average Bonchev–Trinajstić information content (AvgIpc) is 3.31. The average molecular weight is 365 g/mol. The van der Waals surface area contributed by atoms with Crippen molar-refractivity contribution < 1.29 is 4.79 Å². The second-order valence-electron chi connectivity index (χ2n) is 6.37. The molecule has 1 unspecified atom stereocenters. The minimum atomic E-state index is -0.226. The van der Waals surface area contributed by atoms with E-state index in [-0.39, 0.29) is 12.1 Å². The summed E-state index contributed by atoms with van der Waals surface area (Å²) in [7, 11) is 0. The minimum Gasteiger partial charge on any atom is -0.335 e. The van der Waals surface area contributed by atoms with Crippen LogP contribution in [-0.2, 0) is 12.8 Å². The van der Waals surface area contributed by atoms with Gasteiger partial charge in [0.05, 0.1) is 23.6 Å². The fourth-order valence-corrected chi connectivity index (χ4v) is 4.07. The molecule has 0 radical (unpaired) electrons. The van der Waals surface area contributed by atoms with Gasteiger partial charge in [-0.25, -0.2) is 9.78 Å². The van der Waals surface area contributed by atoms with E-state index in [2.05, 4.69) is 34.6 Å². The molecule has 1 atom stereocenters. The van der Waals surface area contributed by atoms with Crippen LogP contribution in [0.1, 0.15) is 17.5 Å². The molecule has 9 heteroatoms. The molecule has 0 saturated heterocycles. The largest absolute Gasteiger partial charge is 0.335 e. The molecule has 0 spiro atoms. The molecular weight excluding hydrogens is 350 g/mol. The standard InChI is InChI=1S/C17H15N7OS/c25-17(21-13-2-1-3-14-15(13)24-26-23-14)20-10-4-5-11-9(6-10)7-18-16-12(11)8-19-22-16/h1-3,7-8,10H,4-6H2,(H,18,19,22)(H2,20,21,25). The van der Waals surface area contributed by atoms with Gasteiger partial charge in [0.2, 0.25) is 0 Å². The number of fused-ring (bicyclic) bond motifs is 4. The van der Waals surface area contributed by atoms with Crippen LogP contribution in [0.3, 0.4) is 0 Å². The van der Waals surface area contributed by atoms with Crippen LogP contribution in [0.5, 0.6) is 0 Å². The van der Waals surface area contributed by atoms with Gasteiger partial charge < -0.3 is 10.6 Å². The number of hydrogen-bond donors (Lipinski definition) is 3. The molecule has 0 saturated carbocycles. The van der Waals surface area contributed by atoms with Gasteiger partial charge in [0, 0.05) is 17.6 Å². The molecule has 4 aromatic rings. The SMILES string of the molecule is O=C(Nc1cccc2nsnc12)NC1CCc2c(cnc3[nH]ncc23)C1. The van der Waals surface area contributed by atoms with Crippen LogP contribution in [0.2, 0.25) is 0 Å². The van der Waals surface area contributed by atoms with Crippen LogP contribution in [0.25, 0.3) is 22.1 Å². The summed E-state index contributed by atoms with van der Waals surface area (Å²) in [5.41, 5.74) is 5.44. The Morgan fingerprint density at radius 2 is 2.23 bits per heavy atom. The van der Waals surface area contributed by atoms with E-state index in [1.54, 1.807) is 0 Å². The van der Waals surface area contributed by atoms with Crippen LogP contribution >= 0.6 is 11.7 Å². The minimum absolute atomic E-state index is 0.0708. The van der Waals surface area contributed by atoms with Crippen LogP contribution in [0.4, 0.5) is 10.5 Å². The Morgan fingerprint density at radius 3 is 3.19 bits per heavy atom. The van der Waals surface area contributed by atoms with Gasteiger partial charge >= 0.3 is 6.03 Å². The number of nitrogens with zero attached hydrogens (tertiary/aromatic N) is 4. The van der Waals surface area contributed by atoms with Gasteiger partial charge in [-0.05, 0) is 42.5 Å². The number of hydrogen-bond acceptors (Lipinski definition) is 6. The zero-order valence-corrected chi connectivity index (χ0v) is 14.5. The van der Waals surface area contributed by atoms with E-state index < -0.39 is 0 Å². The molecule has 8 nitrogen and oxygen atoms in total. The number of pyridine rings is 1. The third-order valence-electron chi connectivity index (χ3n) is 4.76. The number of aryl methyl sites for hydroxylation is 1. The Kier molecular flexibility index (Phi) is 3.52. The van der Waals surface area contributed by atoms with E-state index in [4.69, 9.17) is 0 Å². The van der Waals surface area contributed by atoms with Crippen molar-refractivity contribution in [2.24, 2.45) is 0 Å². The summed E-state index contributed by atoms with van der Waals surface area (Å²) in [5.74, 6) is 0. The fourth-order valence-electron chi connectivity index (χ4n) is 3.52. The van der Waals surface area contributed by atoms with Crippen LogP contribution in [-0.4, -0.2) is 36.0 Å². The van der Waals surface area contributed by atoms with Crippen LogP contribution in [0, 0.1) is 0 Å². The maximum Gasteiger partial charge on any atom is 0.319 e. The molecule has 0 aliphatic heterocycles. The van der Waals surface area contributed by atoms with Crippen molar-refractivity contribution in [3.8, 4) is 0 Å². The van der Waals surface area contributed by atoms with Gasteiger partial charge in [-0.15, -0.1) is 0 Å². The number of aromatic nitrogens is 5. The number of amides is 2. The zero-order chi connectivity index (χ0) is 17.5. The van der Waals surface area contributed by atoms with Gasteiger partial charge in [-0.2, -0.15) is 13.8 Å². The van der Waals surface area contributed by atoms with E-state index in [0.29, 0.717) is 11.2 Å². The summed E-state index contributed by atoms with van der Waals surface area (Å²) in [6.07, 6.45) is 6.24. The highest BCUT2D eigenvalue weighted by Crippen LogP contribution is 2.27. The number of carbonyl (C=O) groups excluding carboxylic acids is 1. The zero-order valence-electron chi connectivity index (χ0n) is 13.7. The molecule has 0 fully saturated rings. The van der Waals surface area contributed by atoms with Crippen LogP contribution in [0.15, 0.2) is 30.6 Å². The lowest BCUT2D eigenvalue weighted by atomic mass is 9.88. The number of aromatic amines is 1. The summed E-state index contributed by atoms with van der Waals surface area (Å²) in [5, 5.41) is 14.0. The first-order valence-electron chi connectivity index (χ1n) is 8.36. The van der Waals surface area contributed by atoms with Gasteiger partial charge in [0.1, 0.15) is 11.0 Å². The molecule has 3 aromatic heterocycles. The fraction of sp³-hybridized carbons (Fsp3) is 0.235. The van der Waals surface area contributed by atoms with Gasteiger partial charge in [-0.3, -0.25) is 5.10 Å².